The van der Waals surface area contributed by atoms with Crippen LogP contribution in [0.25, 0.3) is 0 Å². The summed E-state index contributed by atoms with van der Waals surface area (Å²) in [7, 11) is 0. The fourth-order valence-corrected chi connectivity index (χ4v) is 2.21. The first-order valence-corrected chi connectivity index (χ1v) is 7.29. The third-order valence-electron chi connectivity index (χ3n) is 3.39. The molecule has 0 atom stereocenters. The molecule has 0 saturated carbocycles. The van der Waals surface area contributed by atoms with E-state index in [0.29, 0.717) is 12.4 Å². The average molecular weight is 306 g/mol. The number of hydrogen-bond donors (Lipinski definition) is 3. The van der Waals surface area contributed by atoms with Crippen LogP contribution in [0.15, 0.2) is 66.9 Å². The first-order valence-electron chi connectivity index (χ1n) is 7.29. The van der Waals surface area contributed by atoms with Crippen molar-refractivity contribution in [2.45, 2.75) is 6.54 Å². The normalized spacial score (nSPS) is 10.3. The number of anilines is 3. The zero-order valence-electron chi connectivity index (χ0n) is 12.6. The Morgan fingerprint density at radius 3 is 2.30 bits per heavy atom. The molecule has 0 aliphatic heterocycles. The Kier molecular flexibility index (Phi) is 4.40. The van der Waals surface area contributed by atoms with E-state index in [4.69, 9.17) is 16.2 Å². The fourth-order valence-electron chi connectivity index (χ4n) is 2.21. The highest BCUT2D eigenvalue weighted by Gasteiger charge is 2.07. The van der Waals surface area contributed by atoms with E-state index in [0.717, 1.165) is 28.4 Å². The van der Waals surface area contributed by atoms with Gasteiger partial charge < -0.3 is 21.5 Å². The Hall–Kier alpha value is -3.05. The van der Waals surface area contributed by atoms with E-state index < -0.39 is 0 Å². The molecular weight excluding hydrogens is 288 g/mol. The highest BCUT2D eigenvalue weighted by molar-refractivity contribution is 5.73. The number of aromatic nitrogens is 1. The standard InChI is InChI=1S/C18H18N4O/c19-12-13-10-11-21-18(20)17(13)22-14-6-8-16(9-7-14)23-15-4-2-1-3-5-15/h1-11,22H,12,19H2,(H2,20,21). The summed E-state index contributed by atoms with van der Waals surface area (Å²) in [6.45, 7) is 0.393. The zero-order valence-corrected chi connectivity index (χ0v) is 12.6. The smallest absolute Gasteiger partial charge is 0.147 e. The second-order valence-corrected chi connectivity index (χ2v) is 5.00. The van der Waals surface area contributed by atoms with Gasteiger partial charge in [0.05, 0.1) is 5.69 Å². The number of nitrogens with one attached hydrogen (secondary N) is 1. The van der Waals surface area contributed by atoms with E-state index >= 15 is 0 Å². The van der Waals surface area contributed by atoms with Crippen LogP contribution >= 0.6 is 0 Å². The first kappa shape index (κ1) is 14.9. The van der Waals surface area contributed by atoms with Crippen molar-refractivity contribution in [1.82, 2.24) is 4.98 Å². The van der Waals surface area contributed by atoms with Gasteiger partial charge in [0.15, 0.2) is 0 Å². The van der Waals surface area contributed by atoms with Gasteiger partial charge in [0.25, 0.3) is 0 Å². The second kappa shape index (κ2) is 6.81. The summed E-state index contributed by atoms with van der Waals surface area (Å²) in [6, 6.07) is 19.1. The Labute approximate surface area is 134 Å². The Morgan fingerprint density at radius 1 is 0.913 bits per heavy atom. The van der Waals surface area contributed by atoms with E-state index in [-0.39, 0.29) is 0 Å². The number of rotatable bonds is 5. The van der Waals surface area contributed by atoms with Crippen molar-refractivity contribution in [3.05, 3.63) is 72.4 Å². The minimum atomic E-state index is 0.393. The van der Waals surface area contributed by atoms with Crippen LogP contribution in [0.2, 0.25) is 0 Å². The molecule has 3 rings (SSSR count). The molecule has 0 unspecified atom stereocenters. The van der Waals surface area contributed by atoms with E-state index in [1.54, 1.807) is 6.20 Å². The molecule has 5 heteroatoms. The van der Waals surface area contributed by atoms with Crippen molar-refractivity contribution in [2.75, 3.05) is 11.1 Å². The molecule has 0 bridgehead atoms. The highest BCUT2D eigenvalue weighted by Crippen LogP contribution is 2.27. The van der Waals surface area contributed by atoms with E-state index in [1.165, 1.54) is 0 Å². The van der Waals surface area contributed by atoms with Crippen LogP contribution in [-0.4, -0.2) is 4.98 Å². The Bertz CT molecular complexity index is 773. The number of nitrogens with zero attached hydrogens (tertiary/aromatic N) is 1. The van der Waals surface area contributed by atoms with E-state index in [1.807, 2.05) is 60.7 Å². The molecule has 116 valence electrons. The number of benzene rings is 2. The van der Waals surface area contributed by atoms with Crippen LogP contribution in [0, 0.1) is 0 Å². The lowest BCUT2D eigenvalue weighted by Gasteiger charge is -2.13. The van der Waals surface area contributed by atoms with Crippen molar-refractivity contribution in [2.24, 2.45) is 5.73 Å². The molecule has 0 aliphatic carbocycles. The monoisotopic (exact) mass is 306 g/mol. The molecule has 0 spiro atoms. The number of nitrogens with two attached hydrogens (primary N) is 2. The van der Waals surface area contributed by atoms with Gasteiger partial charge in [0, 0.05) is 18.4 Å². The molecule has 5 N–H and O–H groups in total. The van der Waals surface area contributed by atoms with Crippen LogP contribution in [0.4, 0.5) is 17.2 Å². The number of pyridine rings is 1. The summed E-state index contributed by atoms with van der Waals surface area (Å²) in [5.74, 6) is 1.99. The molecule has 1 aromatic heterocycles. The molecule has 5 nitrogen and oxygen atoms in total. The van der Waals surface area contributed by atoms with Crippen LogP contribution in [0.5, 0.6) is 11.5 Å². The fraction of sp³-hybridized carbons (Fsp3) is 0.0556. The Balaban J connectivity index is 1.76. The lowest BCUT2D eigenvalue weighted by molar-refractivity contribution is 0.483. The molecule has 0 saturated heterocycles. The van der Waals surface area contributed by atoms with Crippen LogP contribution in [-0.2, 0) is 6.54 Å². The molecule has 2 aromatic carbocycles. The molecule has 0 radical (unpaired) electrons. The molecular formula is C18H18N4O. The maximum Gasteiger partial charge on any atom is 0.147 e. The average Bonchev–Trinajstić information content (AvgIpc) is 2.59. The Morgan fingerprint density at radius 2 is 1.61 bits per heavy atom. The largest absolute Gasteiger partial charge is 0.457 e. The number of ether oxygens (including phenoxy) is 1. The van der Waals surface area contributed by atoms with Gasteiger partial charge in [-0.25, -0.2) is 4.98 Å². The van der Waals surface area contributed by atoms with E-state index in [2.05, 4.69) is 10.3 Å². The van der Waals surface area contributed by atoms with Crippen molar-refractivity contribution >= 4 is 17.2 Å². The highest BCUT2D eigenvalue weighted by atomic mass is 16.5. The molecule has 0 aliphatic rings. The van der Waals surface area contributed by atoms with Gasteiger partial charge >= 0.3 is 0 Å². The van der Waals surface area contributed by atoms with Crippen molar-refractivity contribution < 1.29 is 4.74 Å². The summed E-state index contributed by atoms with van der Waals surface area (Å²) >= 11 is 0. The summed E-state index contributed by atoms with van der Waals surface area (Å²) < 4.78 is 5.77. The van der Waals surface area contributed by atoms with E-state index in [9.17, 15) is 0 Å². The molecule has 0 amide bonds. The third kappa shape index (κ3) is 3.59. The summed E-state index contributed by atoms with van der Waals surface area (Å²) in [5, 5.41) is 3.26. The van der Waals surface area contributed by atoms with Gasteiger partial charge in [-0.1, -0.05) is 18.2 Å². The lowest BCUT2D eigenvalue weighted by Crippen LogP contribution is -2.06. The molecule has 3 aromatic rings. The van der Waals surface area contributed by atoms with Crippen LogP contribution in [0.1, 0.15) is 5.56 Å². The molecule has 0 fully saturated rings. The topological polar surface area (TPSA) is 86.2 Å². The van der Waals surface area contributed by atoms with Gasteiger partial charge in [-0.2, -0.15) is 0 Å². The van der Waals surface area contributed by atoms with Crippen molar-refractivity contribution in [3.63, 3.8) is 0 Å². The molecule has 23 heavy (non-hydrogen) atoms. The van der Waals surface area contributed by atoms with Gasteiger partial charge in [-0.05, 0) is 48.0 Å². The van der Waals surface area contributed by atoms with Crippen molar-refractivity contribution in [1.29, 1.82) is 0 Å². The maximum absolute atomic E-state index is 5.92. The number of hydrogen-bond acceptors (Lipinski definition) is 5. The number of nitrogen functional groups attached to an aromatic ring is 1. The third-order valence-corrected chi connectivity index (χ3v) is 3.39. The van der Waals surface area contributed by atoms with Crippen molar-refractivity contribution in [3.8, 4) is 11.5 Å². The zero-order chi connectivity index (χ0) is 16.1. The van der Waals surface area contributed by atoms with Crippen LogP contribution in [0.3, 0.4) is 0 Å². The summed E-state index contributed by atoms with van der Waals surface area (Å²) in [4.78, 5) is 4.09. The van der Waals surface area contributed by atoms with Gasteiger partial charge in [0.2, 0.25) is 0 Å². The SMILES string of the molecule is NCc1ccnc(N)c1Nc1ccc(Oc2ccccc2)cc1. The van der Waals surface area contributed by atoms with Gasteiger partial charge in [-0.3, -0.25) is 0 Å². The minimum Gasteiger partial charge on any atom is -0.457 e. The summed E-state index contributed by atoms with van der Waals surface area (Å²) in [5.41, 5.74) is 14.2. The molecule has 1 heterocycles. The first-order chi connectivity index (χ1) is 11.3. The quantitative estimate of drug-likeness (QED) is 0.669. The van der Waals surface area contributed by atoms with Gasteiger partial charge in [0.1, 0.15) is 17.3 Å². The predicted octanol–water partition coefficient (Wildman–Crippen LogP) is 3.66. The number of para-hydroxylation sites is 1. The predicted molar refractivity (Wildman–Crippen MR) is 92.8 cm³/mol. The lowest BCUT2D eigenvalue weighted by atomic mass is 10.2. The van der Waals surface area contributed by atoms with Crippen LogP contribution < -0.4 is 21.5 Å². The minimum absolute atomic E-state index is 0.393. The maximum atomic E-state index is 5.92. The van der Waals surface area contributed by atoms with Gasteiger partial charge in [-0.15, -0.1) is 0 Å². The second-order valence-electron chi connectivity index (χ2n) is 5.00. The summed E-state index contributed by atoms with van der Waals surface area (Å²) in [6.07, 6.45) is 1.65.